The maximum Gasteiger partial charge on any atom is 0.245 e. The fraction of sp³-hybridized carbons (Fsp3) is 0.467. The second-order valence-electron chi connectivity index (χ2n) is 9.93. The smallest absolute Gasteiger partial charge is 0.245 e. The Morgan fingerprint density at radius 2 is 1.70 bits per heavy atom. The lowest BCUT2D eigenvalue weighted by Crippen LogP contribution is -2.56. The summed E-state index contributed by atoms with van der Waals surface area (Å²) >= 11 is 0. The fourth-order valence-corrected chi connectivity index (χ4v) is 4.30. The molecular weight excluding hydrogens is 512 g/mol. The Hall–Kier alpha value is -3.47. The molecule has 4 N–H and O–H groups in total. The number of carbonyl (C=O) groups excluding carboxylic acids is 3. The molecule has 10 heteroatoms. The van der Waals surface area contributed by atoms with E-state index in [2.05, 4.69) is 10.2 Å². The van der Waals surface area contributed by atoms with Crippen molar-refractivity contribution in [1.29, 1.82) is 0 Å². The molecule has 1 heterocycles. The lowest BCUT2D eigenvalue weighted by molar-refractivity contribution is -0.137. The van der Waals surface area contributed by atoms with E-state index >= 15 is 0 Å². The van der Waals surface area contributed by atoms with Gasteiger partial charge in [0.25, 0.3) is 0 Å². The van der Waals surface area contributed by atoms with Gasteiger partial charge in [0.1, 0.15) is 18.4 Å². The Balaban J connectivity index is 1.59. The number of aliphatic hydroxyl groups excluding tert-OH is 1. The standard InChI is InChI=1S/C30H41N4O6/c1-23(29(31)37)7-12-28(36)32-27(30(38)34-15-13-33(14-16-34)17-19-39-20-18-35)21-24-8-10-26(11-9-24)40-22-25-5-3-2-4-6-25/h2-6,8-12,23,27,35H,7,13-22H2,1H3,(H2,31,37)(H,32,36). The van der Waals surface area contributed by atoms with Gasteiger partial charge in [-0.3, -0.25) is 19.3 Å². The van der Waals surface area contributed by atoms with E-state index in [1.165, 1.54) is 6.42 Å². The third-order valence-electron chi connectivity index (χ3n) is 6.84. The van der Waals surface area contributed by atoms with Crippen LogP contribution in [0.1, 0.15) is 24.5 Å². The zero-order valence-electron chi connectivity index (χ0n) is 23.2. The van der Waals surface area contributed by atoms with Crippen LogP contribution < -0.4 is 15.8 Å². The van der Waals surface area contributed by atoms with E-state index in [-0.39, 0.29) is 18.9 Å². The summed E-state index contributed by atoms with van der Waals surface area (Å²) in [5.74, 6) is -0.796. The van der Waals surface area contributed by atoms with Crippen molar-refractivity contribution >= 4 is 17.7 Å². The number of amides is 3. The van der Waals surface area contributed by atoms with Crippen LogP contribution in [0.4, 0.5) is 0 Å². The predicted octanol–water partition coefficient (Wildman–Crippen LogP) is 1.16. The molecular formula is C30H41N4O6. The third-order valence-corrected chi connectivity index (χ3v) is 6.84. The summed E-state index contributed by atoms with van der Waals surface area (Å²) in [6.45, 7) is 6.16. The molecule has 3 rings (SSSR count). The van der Waals surface area contributed by atoms with Crippen LogP contribution in [0.3, 0.4) is 0 Å². The highest BCUT2D eigenvalue weighted by atomic mass is 16.5. The van der Waals surface area contributed by atoms with Crippen LogP contribution >= 0.6 is 0 Å². The van der Waals surface area contributed by atoms with Gasteiger partial charge in [0.2, 0.25) is 17.7 Å². The number of aliphatic hydroxyl groups is 1. The highest BCUT2D eigenvalue weighted by molar-refractivity contribution is 5.92. The lowest BCUT2D eigenvalue weighted by atomic mass is 10.0. The summed E-state index contributed by atoms with van der Waals surface area (Å²) in [5, 5.41) is 11.7. The largest absolute Gasteiger partial charge is 0.489 e. The molecule has 2 aromatic rings. The SMILES string of the molecule is CC(C[CH]C(=O)NC(Cc1ccc(OCc2ccccc2)cc1)C(=O)N1CCN(CCOCCO)CC1)C(N)=O. The van der Waals surface area contributed by atoms with Gasteiger partial charge in [0.15, 0.2) is 0 Å². The number of nitrogens with two attached hydrogens (primary N) is 1. The Labute approximate surface area is 236 Å². The molecule has 2 aromatic carbocycles. The average Bonchev–Trinajstić information content (AvgIpc) is 2.98. The number of ether oxygens (including phenoxy) is 2. The van der Waals surface area contributed by atoms with Crippen molar-refractivity contribution < 1.29 is 29.0 Å². The number of carbonyl (C=O) groups is 3. The molecule has 1 aliphatic heterocycles. The van der Waals surface area contributed by atoms with Gasteiger partial charge in [0, 0.05) is 45.1 Å². The van der Waals surface area contributed by atoms with Crippen molar-refractivity contribution in [2.75, 3.05) is 52.5 Å². The van der Waals surface area contributed by atoms with Crippen LogP contribution in [0.5, 0.6) is 5.75 Å². The van der Waals surface area contributed by atoms with Crippen LogP contribution in [-0.4, -0.2) is 91.2 Å². The molecule has 2 unspecified atom stereocenters. The number of benzene rings is 2. The number of piperazine rings is 1. The highest BCUT2D eigenvalue weighted by Gasteiger charge is 2.29. The molecule has 0 aliphatic carbocycles. The Morgan fingerprint density at radius 1 is 1.00 bits per heavy atom. The first kappa shape index (κ1) is 31.1. The normalized spacial score (nSPS) is 15.3. The molecule has 1 aliphatic rings. The topological polar surface area (TPSA) is 134 Å². The Morgan fingerprint density at radius 3 is 2.35 bits per heavy atom. The molecule has 0 spiro atoms. The number of hydrogen-bond acceptors (Lipinski definition) is 7. The van der Waals surface area contributed by atoms with E-state index in [9.17, 15) is 14.4 Å². The van der Waals surface area contributed by atoms with Crippen LogP contribution in [-0.2, 0) is 32.1 Å². The summed E-state index contributed by atoms with van der Waals surface area (Å²) in [7, 11) is 0. The molecule has 217 valence electrons. The monoisotopic (exact) mass is 553 g/mol. The maximum absolute atomic E-state index is 13.5. The molecule has 1 radical (unpaired) electrons. The molecule has 0 bridgehead atoms. The summed E-state index contributed by atoms with van der Waals surface area (Å²) in [4.78, 5) is 41.6. The van der Waals surface area contributed by atoms with Gasteiger partial charge in [0.05, 0.1) is 26.2 Å². The van der Waals surface area contributed by atoms with Crippen molar-refractivity contribution in [3.8, 4) is 5.75 Å². The molecule has 1 fully saturated rings. The van der Waals surface area contributed by atoms with Gasteiger partial charge in [-0.25, -0.2) is 0 Å². The Kier molecular flexibility index (Phi) is 12.9. The zero-order valence-corrected chi connectivity index (χ0v) is 23.2. The predicted molar refractivity (Wildman–Crippen MR) is 151 cm³/mol. The Bertz CT molecular complexity index is 1060. The number of rotatable bonds is 16. The van der Waals surface area contributed by atoms with Crippen LogP contribution in [0.25, 0.3) is 0 Å². The first-order valence-electron chi connectivity index (χ1n) is 13.7. The van der Waals surface area contributed by atoms with Gasteiger partial charge in [-0.2, -0.15) is 0 Å². The van der Waals surface area contributed by atoms with Crippen molar-refractivity contribution in [3.05, 3.63) is 72.1 Å². The molecule has 2 atom stereocenters. The molecule has 0 aromatic heterocycles. The number of hydrogen-bond donors (Lipinski definition) is 3. The first-order valence-corrected chi connectivity index (χ1v) is 13.7. The summed E-state index contributed by atoms with van der Waals surface area (Å²) in [6.07, 6.45) is 1.89. The van der Waals surface area contributed by atoms with Gasteiger partial charge in [-0.05, 0) is 29.7 Å². The van der Waals surface area contributed by atoms with E-state index in [0.29, 0.717) is 58.2 Å². The van der Waals surface area contributed by atoms with E-state index < -0.39 is 23.8 Å². The molecule has 1 saturated heterocycles. The third kappa shape index (κ3) is 10.6. The quantitative estimate of drug-likeness (QED) is 0.266. The van der Waals surface area contributed by atoms with Gasteiger partial charge >= 0.3 is 0 Å². The maximum atomic E-state index is 13.5. The molecule has 10 nitrogen and oxygen atoms in total. The minimum Gasteiger partial charge on any atom is -0.489 e. The summed E-state index contributed by atoms with van der Waals surface area (Å²) in [5.41, 5.74) is 7.26. The van der Waals surface area contributed by atoms with Crippen LogP contribution in [0, 0.1) is 12.3 Å². The number of primary amides is 1. The van der Waals surface area contributed by atoms with Crippen molar-refractivity contribution in [1.82, 2.24) is 15.1 Å². The molecule has 40 heavy (non-hydrogen) atoms. The van der Waals surface area contributed by atoms with Crippen LogP contribution in [0.2, 0.25) is 0 Å². The van der Waals surface area contributed by atoms with Gasteiger partial charge in [-0.15, -0.1) is 0 Å². The summed E-state index contributed by atoms with van der Waals surface area (Å²) in [6, 6.07) is 16.6. The molecule has 0 saturated carbocycles. The second kappa shape index (κ2) is 16.6. The number of nitrogens with zero attached hydrogens (tertiary/aromatic N) is 2. The van der Waals surface area contributed by atoms with Crippen molar-refractivity contribution in [2.24, 2.45) is 11.7 Å². The van der Waals surface area contributed by atoms with E-state index in [1.807, 2.05) is 54.6 Å². The minimum atomic E-state index is -0.761. The van der Waals surface area contributed by atoms with Crippen molar-refractivity contribution in [2.45, 2.75) is 32.4 Å². The lowest BCUT2D eigenvalue weighted by Gasteiger charge is -2.36. The van der Waals surface area contributed by atoms with E-state index in [0.717, 1.165) is 17.7 Å². The number of nitrogens with one attached hydrogen (secondary N) is 1. The zero-order chi connectivity index (χ0) is 28.7. The van der Waals surface area contributed by atoms with Crippen LogP contribution in [0.15, 0.2) is 54.6 Å². The summed E-state index contributed by atoms with van der Waals surface area (Å²) < 4.78 is 11.2. The van der Waals surface area contributed by atoms with Gasteiger partial charge in [-0.1, -0.05) is 49.4 Å². The average molecular weight is 554 g/mol. The minimum absolute atomic E-state index is 0.00228. The first-order chi connectivity index (χ1) is 19.4. The highest BCUT2D eigenvalue weighted by Crippen LogP contribution is 2.17. The van der Waals surface area contributed by atoms with E-state index in [1.54, 1.807) is 11.8 Å². The van der Waals surface area contributed by atoms with Gasteiger partial charge < -0.3 is 30.5 Å². The van der Waals surface area contributed by atoms with E-state index in [4.69, 9.17) is 20.3 Å². The molecule has 3 amide bonds. The second-order valence-corrected chi connectivity index (χ2v) is 9.93. The van der Waals surface area contributed by atoms with Crippen molar-refractivity contribution in [3.63, 3.8) is 0 Å². The fourth-order valence-electron chi connectivity index (χ4n) is 4.30.